The van der Waals surface area contributed by atoms with Gasteiger partial charge in [0.05, 0.1) is 5.41 Å². The Balaban J connectivity index is 0.00000196. The molecule has 2 heterocycles. The van der Waals surface area contributed by atoms with E-state index in [4.69, 9.17) is 5.73 Å². The Morgan fingerprint density at radius 1 is 1.19 bits per heavy atom. The first kappa shape index (κ1) is 19.2. The first-order valence-corrected chi connectivity index (χ1v) is 9.50. The fraction of sp³-hybridized carbons (Fsp3) is 0.600. The van der Waals surface area contributed by atoms with Crippen molar-refractivity contribution in [1.82, 2.24) is 9.80 Å². The van der Waals surface area contributed by atoms with Crippen LogP contribution in [0, 0.1) is 5.92 Å². The summed E-state index contributed by atoms with van der Waals surface area (Å²) in [5, 5.41) is 0. The van der Waals surface area contributed by atoms with Gasteiger partial charge in [0.25, 0.3) is 0 Å². The summed E-state index contributed by atoms with van der Waals surface area (Å²) in [5.41, 5.74) is 6.57. The molecule has 0 bridgehead atoms. The maximum Gasteiger partial charge on any atom is 0.233 e. The molecule has 0 radical (unpaired) electrons. The standard InChI is InChI=1S/C20H27N3O2.ClH/c21-11-13-23-17-8-12-22(14-15(17)6-7-18(23)24)19(25)20(9-10-20)16-4-2-1-3-5-16;/h1-5,15,17H,6-14,21H2;1H/t15-,17+;/m0./s1. The zero-order chi connectivity index (χ0) is 17.4. The van der Waals surface area contributed by atoms with E-state index in [2.05, 4.69) is 17.0 Å². The molecule has 0 unspecified atom stereocenters. The van der Waals surface area contributed by atoms with Crippen LogP contribution >= 0.6 is 12.4 Å². The maximum absolute atomic E-state index is 13.3. The fourth-order valence-electron chi connectivity index (χ4n) is 4.78. The Morgan fingerprint density at radius 2 is 1.92 bits per heavy atom. The molecule has 2 atom stereocenters. The highest BCUT2D eigenvalue weighted by atomic mass is 35.5. The zero-order valence-corrected chi connectivity index (χ0v) is 15.9. The highest BCUT2D eigenvalue weighted by molar-refractivity contribution is 5.91. The zero-order valence-electron chi connectivity index (χ0n) is 15.1. The fourth-order valence-corrected chi connectivity index (χ4v) is 4.78. The lowest BCUT2D eigenvalue weighted by molar-refractivity contribution is -0.145. The van der Waals surface area contributed by atoms with Gasteiger partial charge in [0.2, 0.25) is 11.8 Å². The van der Waals surface area contributed by atoms with Gasteiger partial charge in [-0.15, -0.1) is 12.4 Å². The van der Waals surface area contributed by atoms with Crippen molar-refractivity contribution >= 4 is 24.2 Å². The molecule has 2 saturated heterocycles. The molecule has 26 heavy (non-hydrogen) atoms. The summed E-state index contributed by atoms with van der Waals surface area (Å²) in [5.74, 6) is 0.919. The van der Waals surface area contributed by atoms with Gasteiger partial charge in [-0.3, -0.25) is 9.59 Å². The van der Waals surface area contributed by atoms with Crippen LogP contribution < -0.4 is 5.73 Å². The summed E-state index contributed by atoms with van der Waals surface area (Å²) in [6, 6.07) is 10.5. The van der Waals surface area contributed by atoms with Crippen LogP contribution in [0.25, 0.3) is 0 Å². The van der Waals surface area contributed by atoms with Crippen LogP contribution in [-0.2, 0) is 15.0 Å². The third-order valence-corrected chi connectivity index (χ3v) is 6.29. The number of likely N-dealkylation sites (tertiary alicyclic amines) is 2. The number of fused-ring (bicyclic) bond motifs is 1. The van der Waals surface area contributed by atoms with Crippen molar-refractivity contribution in [3.8, 4) is 0 Å². The molecule has 1 saturated carbocycles. The number of nitrogens with zero attached hydrogens (tertiary/aromatic N) is 2. The Hall–Kier alpha value is -1.59. The maximum atomic E-state index is 13.3. The van der Waals surface area contributed by atoms with E-state index in [1.807, 2.05) is 23.1 Å². The minimum Gasteiger partial charge on any atom is -0.341 e. The first-order chi connectivity index (χ1) is 12.2. The van der Waals surface area contributed by atoms with Crippen molar-refractivity contribution in [2.24, 2.45) is 11.7 Å². The van der Waals surface area contributed by atoms with Crippen LogP contribution in [-0.4, -0.2) is 53.8 Å². The van der Waals surface area contributed by atoms with Gasteiger partial charge in [0.15, 0.2) is 0 Å². The van der Waals surface area contributed by atoms with Gasteiger partial charge in [-0.05, 0) is 37.2 Å². The Bertz CT molecular complexity index is 662. The molecule has 5 nitrogen and oxygen atoms in total. The highest BCUT2D eigenvalue weighted by Crippen LogP contribution is 2.50. The van der Waals surface area contributed by atoms with Crippen LogP contribution in [0.4, 0.5) is 0 Å². The van der Waals surface area contributed by atoms with Crippen molar-refractivity contribution in [1.29, 1.82) is 0 Å². The highest BCUT2D eigenvalue weighted by Gasteiger charge is 2.54. The van der Waals surface area contributed by atoms with Gasteiger partial charge in [-0.25, -0.2) is 0 Å². The smallest absolute Gasteiger partial charge is 0.233 e. The average molecular weight is 378 g/mol. The molecule has 2 aliphatic heterocycles. The SMILES string of the molecule is Cl.NCCN1C(=O)CC[C@H]2CN(C(=O)C3(c4ccccc4)CC3)CC[C@H]21. The number of carbonyl (C=O) groups is 2. The van der Waals surface area contributed by atoms with E-state index in [9.17, 15) is 9.59 Å². The summed E-state index contributed by atoms with van der Waals surface area (Å²) in [7, 11) is 0. The van der Waals surface area contributed by atoms with Gasteiger partial charge < -0.3 is 15.5 Å². The second-order valence-electron chi connectivity index (χ2n) is 7.73. The topological polar surface area (TPSA) is 66.6 Å². The molecule has 2 N–H and O–H groups in total. The lowest BCUT2D eigenvalue weighted by Gasteiger charge is -2.47. The number of piperidine rings is 2. The molecule has 1 aromatic rings. The van der Waals surface area contributed by atoms with Crippen LogP contribution in [0.15, 0.2) is 30.3 Å². The largest absolute Gasteiger partial charge is 0.341 e. The molecule has 4 rings (SSSR count). The van der Waals surface area contributed by atoms with Crippen LogP contribution in [0.2, 0.25) is 0 Å². The average Bonchev–Trinajstić information content (AvgIpc) is 3.46. The molecule has 1 aromatic carbocycles. The van der Waals surface area contributed by atoms with E-state index in [0.29, 0.717) is 31.3 Å². The monoisotopic (exact) mass is 377 g/mol. The Kier molecular flexibility index (Phi) is 5.58. The predicted octanol–water partition coefficient (Wildman–Crippen LogP) is 1.94. The van der Waals surface area contributed by atoms with Crippen molar-refractivity contribution in [3.05, 3.63) is 35.9 Å². The summed E-state index contributed by atoms with van der Waals surface area (Å²) >= 11 is 0. The number of amides is 2. The van der Waals surface area contributed by atoms with E-state index in [-0.39, 0.29) is 29.8 Å². The minimum atomic E-state index is -0.282. The second-order valence-corrected chi connectivity index (χ2v) is 7.73. The second kappa shape index (κ2) is 7.57. The molecule has 0 spiro atoms. The number of carbonyl (C=O) groups excluding carboxylic acids is 2. The van der Waals surface area contributed by atoms with Crippen molar-refractivity contribution in [2.75, 3.05) is 26.2 Å². The van der Waals surface area contributed by atoms with Crippen LogP contribution in [0.5, 0.6) is 0 Å². The van der Waals surface area contributed by atoms with Gasteiger partial charge >= 0.3 is 0 Å². The predicted molar refractivity (Wildman–Crippen MR) is 103 cm³/mol. The van der Waals surface area contributed by atoms with E-state index >= 15 is 0 Å². The van der Waals surface area contributed by atoms with E-state index in [1.165, 1.54) is 0 Å². The summed E-state index contributed by atoms with van der Waals surface area (Å²) in [6.07, 6.45) is 4.28. The Labute approximate surface area is 161 Å². The normalized spacial score (nSPS) is 26.7. The van der Waals surface area contributed by atoms with Gasteiger partial charge in [0, 0.05) is 38.6 Å². The number of nitrogens with two attached hydrogens (primary N) is 1. The summed E-state index contributed by atoms with van der Waals surface area (Å²) in [4.78, 5) is 29.5. The Morgan fingerprint density at radius 3 is 2.58 bits per heavy atom. The van der Waals surface area contributed by atoms with Crippen LogP contribution in [0.1, 0.15) is 37.7 Å². The molecule has 142 valence electrons. The third kappa shape index (κ3) is 3.23. The molecule has 3 aliphatic rings. The summed E-state index contributed by atoms with van der Waals surface area (Å²) < 4.78 is 0. The van der Waals surface area contributed by atoms with E-state index in [1.54, 1.807) is 0 Å². The number of halogens is 1. The van der Waals surface area contributed by atoms with Gasteiger partial charge in [0.1, 0.15) is 0 Å². The quantitative estimate of drug-likeness (QED) is 0.871. The van der Waals surface area contributed by atoms with Gasteiger partial charge in [-0.1, -0.05) is 30.3 Å². The van der Waals surface area contributed by atoms with Crippen molar-refractivity contribution in [3.63, 3.8) is 0 Å². The molecular formula is C20H28ClN3O2. The summed E-state index contributed by atoms with van der Waals surface area (Å²) in [6.45, 7) is 2.69. The van der Waals surface area contributed by atoms with Crippen molar-refractivity contribution in [2.45, 2.75) is 43.6 Å². The molecule has 1 aliphatic carbocycles. The number of rotatable bonds is 4. The lowest BCUT2D eigenvalue weighted by Crippen LogP contribution is -2.58. The molecule has 2 amide bonds. The first-order valence-electron chi connectivity index (χ1n) is 9.50. The van der Waals surface area contributed by atoms with E-state index in [0.717, 1.165) is 44.3 Å². The molecule has 6 heteroatoms. The minimum absolute atomic E-state index is 0. The third-order valence-electron chi connectivity index (χ3n) is 6.29. The number of hydrogen-bond acceptors (Lipinski definition) is 3. The molecule has 3 fully saturated rings. The van der Waals surface area contributed by atoms with E-state index < -0.39 is 0 Å². The van der Waals surface area contributed by atoms with Crippen LogP contribution in [0.3, 0.4) is 0 Å². The van der Waals surface area contributed by atoms with Gasteiger partial charge in [-0.2, -0.15) is 0 Å². The number of benzene rings is 1. The molecular weight excluding hydrogens is 350 g/mol. The molecule has 0 aromatic heterocycles. The van der Waals surface area contributed by atoms with Crippen molar-refractivity contribution < 1.29 is 9.59 Å². The lowest BCUT2D eigenvalue weighted by atomic mass is 9.82. The number of hydrogen-bond donors (Lipinski definition) is 1.